The zero-order chi connectivity index (χ0) is 26.0. The van der Waals surface area contributed by atoms with Crippen molar-refractivity contribution in [1.82, 2.24) is 20.1 Å². The molecule has 2 aromatic carbocycles. The first-order valence-electron chi connectivity index (χ1n) is 10.6. The Bertz CT molecular complexity index is 1400. The van der Waals surface area contributed by atoms with Gasteiger partial charge in [-0.1, -0.05) is 29.3 Å². The van der Waals surface area contributed by atoms with Crippen LogP contribution in [0.5, 0.6) is 0 Å². The van der Waals surface area contributed by atoms with E-state index in [1.807, 2.05) is 6.07 Å². The summed E-state index contributed by atoms with van der Waals surface area (Å²) in [5.41, 5.74) is 1.09. The number of pyridine rings is 1. The van der Waals surface area contributed by atoms with Crippen LogP contribution in [-0.2, 0) is 12.7 Å². The molecule has 0 bridgehead atoms. The van der Waals surface area contributed by atoms with Crippen molar-refractivity contribution in [3.8, 4) is 16.8 Å². The molecule has 4 aromatic rings. The second kappa shape index (κ2) is 10.5. The highest BCUT2D eigenvalue weighted by Crippen LogP contribution is 2.43. The predicted octanol–water partition coefficient (Wildman–Crippen LogP) is 7.22. The number of rotatable bonds is 6. The third-order valence-corrected chi connectivity index (χ3v) is 6.51. The van der Waals surface area contributed by atoms with E-state index in [1.54, 1.807) is 49.7 Å². The highest BCUT2D eigenvalue weighted by Gasteiger charge is 2.40. The summed E-state index contributed by atoms with van der Waals surface area (Å²) in [6.45, 7) is 1.96. The molecule has 1 N–H and O–H groups in total. The van der Waals surface area contributed by atoms with Gasteiger partial charge in [0.1, 0.15) is 5.03 Å². The molecule has 0 fully saturated rings. The first-order valence-corrected chi connectivity index (χ1v) is 12.6. The number of halogens is 5. The fraction of sp³-hybridized carbons (Fsp3) is 0.160. The van der Waals surface area contributed by atoms with E-state index < -0.39 is 11.9 Å². The number of alkyl halides is 3. The van der Waals surface area contributed by atoms with Crippen molar-refractivity contribution in [2.45, 2.75) is 24.7 Å². The van der Waals surface area contributed by atoms with Crippen molar-refractivity contribution in [2.24, 2.45) is 0 Å². The number of nitrogens with one attached hydrogen (secondary N) is 1. The number of carbonyl (C=O) groups excluding carboxylic acids is 1. The molecular weight excluding hydrogens is 532 g/mol. The molecule has 0 aliphatic carbocycles. The smallest absolute Gasteiger partial charge is 0.346 e. The number of amides is 1. The van der Waals surface area contributed by atoms with E-state index in [0.717, 1.165) is 11.8 Å². The normalized spacial score (nSPS) is 11.5. The van der Waals surface area contributed by atoms with Crippen LogP contribution in [0.1, 0.15) is 27.3 Å². The molecule has 0 atom stereocenters. The Morgan fingerprint density at radius 1 is 1.08 bits per heavy atom. The fourth-order valence-corrected chi connectivity index (χ4v) is 4.99. The third-order valence-electron chi connectivity index (χ3n) is 5.31. The summed E-state index contributed by atoms with van der Waals surface area (Å²) >= 11 is 13.3. The molecular formula is C25H19Cl2F3N4OS. The van der Waals surface area contributed by atoms with Gasteiger partial charge in [-0.15, -0.1) is 11.8 Å². The lowest BCUT2D eigenvalue weighted by Gasteiger charge is -2.12. The van der Waals surface area contributed by atoms with Gasteiger partial charge in [-0.25, -0.2) is 4.68 Å². The van der Waals surface area contributed by atoms with E-state index in [4.69, 9.17) is 23.2 Å². The molecule has 0 radical (unpaired) electrons. The standard InChI is InChI=1S/C25H19Cl2F3N4OS/c1-14-9-19(6-7-20(14)23(35)32-13-18-5-3-4-8-31-18)34-24(36-2)21(22(33-34)25(28,29)30)15-10-16(26)12-17(27)11-15/h3-12H,13H2,1-2H3,(H,32,35). The number of hydrogen-bond donors (Lipinski definition) is 1. The molecule has 36 heavy (non-hydrogen) atoms. The predicted molar refractivity (Wildman–Crippen MR) is 136 cm³/mol. The summed E-state index contributed by atoms with van der Waals surface area (Å²) in [6, 6.07) is 14.4. The number of hydrogen-bond acceptors (Lipinski definition) is 4. The Labute approximate surface area is 219 Å². The van der Waals surface area contributed by atoms with E-state index in [1.165, 1.54) is 22.9 Å². The highest BCUT2D eigenvalue weighted by atomic mass is 35.5. The lowest BCUT2D eigenvalue weighted by molar-refractivity contribution is -0.140. The minimum atomic E-state index is -4.72. The molecule has 2 heterocycles. The SMILES string of the molecule is CSc1c(-c2cc(Cl)cc(Cl)c2)c(C(F)(F)F)nn1-c1ccc(C(=O)NCc2ccccn2)c(C)c1. The quantitative estimate of drug-likeness (QED) is 0.257. The molecule has 2 aromatic heterocycles. The third kappa shape index (κ3) is 5.53. The minimum absolute atomic E-state index is 0.116. The second-order valence-electron chi connectivity index (χ2n) is 7.80. The lowest BCUT2D eigenvalue weighted by Crippen LogP contribution is -2.24. The van der Waals surface area contributed by atoms with E-state index in [0.29, 0.717) is 22.5 Å². The van der Waals surface area contributed by atoms with Crippen LogP contribution in [0.4, 0.5) is 13.2 Å². The Hall–Kier alpha value is -3.01. The van der Waals surface area contributed by atoms with Gasteiger partial charge in [0.05, 0.1) is 17.9 Å². The van der Waals surface area contributed by atoms with Crippen molar-refractivity contribution in [2.75, 3.05) is 6.26 Å². The van der Waals surface area contributed by atoms with Crippen LogP contribution in [0.25, 0.3) is 16.8 Å². The van der Waals surface area contributed by atoms with Crippen molar-refractivity contribution in [1.29, 1.82) is 0 Å². The topological polar surface area (TPSA) is 59.8 Å². The van der Waals surface area contributed by atoms with Gasteiger partial charge in [0.2, 0.25) is 0 Å². The molecule has 4 rings (SSSR count). The maximum absolute atomic E-state index is 14.0. The molecule has 186 valence electrons. The van der Waals surface area contributed by atoms with Gasteiger partial charge in [-0.2, -0.15) is 18.3 Å². The maximum atomic E-state index is 14.0. The monoisotopic (exact) mass is 550 g/mol. The summed E-state index contributed by atoms with van der Waals surface area (Å²) in [6.07, 6.45) is -1.43. The van der Waals surface area contributed by atoms with E-state index in [9.17, 15) is 18.0 Å². The van der Waals surface area contributed by atoms with Gasteiger partial charge in [0.25, 0.3) is 5.91 Å². The highest BCUT2D eigenvalue weighted by molar-refractivity contribution is 7.98. The fourth-order valence-electron chi connectivity index (χ4n) is 3.73. The van der Waals surface area contributed by atoms with Crippen LogP contribution in [0.15, 0.2) is 65.8 Å². The summed E-state index contributed by atoms with van der Waals surface area (Å²) in [4.78, 5) is 16.9. The number of benzene rings is 2. The first-order chi connectivity index (χ1) is 17.1. The van der Waals surface area contributed by atoms with Gasteiger partial charge >= 0.3 is 6.18 Å². The summed E-state index contributed by atoms with van der Waals surface area (Å²) in [7, 11) is 0. The van der Waals surface area contributed by atoms with E-state index in [-0.39, 0.29) is 38.7 Å². The Balaban J connectivity index is 1.74. The van der Waals surface area contributed by atoms with Gasteiger partial charge in [0.15, 0.2) is 5.69 Å². The zero-order valence-corrected chi connectivity index (χ0v) is 21.4. The van der Waals surface area contributed by atoms with Crippen LogP contribution in [0.3, 0.4) is 0 Å². The van der Waals surface area contributed by atoms with Crippen LogP contribution in [-0.4, -0.2) is 26.9 Å². The maximum Gasteiger partial charge on any atom is 0.435 e. The Morgan fingerprint density at radius 3 is 2.39 bits per heavy atom. The molecule has 0 unspecified atom stereocenters. The van der Waals surface area contributed by atoms with Crippen molar-refractivity contribution < 1.29 is 18.0 Å². The van der Waals surface area contributed by atoms with Gasteiger partial charge in [-0.05, 0) is 72.8 Å². The number of nitrogens with zero attached hydrogens (tertiary/aromatic N) is 3. The Kier molecular flexibility index (Phi) is 7.63. The van der Waals surface area contributed by atoms with Crippen LogP contribution < -0.4 is 5.32 Å². The van der Waals surface area contributed by atoms with Crippen LogP contribution in [0, 0.1) is 6.92 Å². The Morgan fingerprint density at radius 2 is 1.81 bits per heavy atom. The zero-order valence-electron chi connectivity index (χ0n) is 19.0. The summed E-state index contributed by atoms with van der Waals surface area (Å²) < 4.78 is 43.4. The van der Waals surface area contributed by atoms with E-state index >= 15 is 0 Å². The number of carbonyl (C=O) groups is 1. The molecule has 5 nitrogen and oxygen atoms in total. The molecule has 0 aliphatic rings. The second-order valence-corrected chi connectivity index (χ2v) is 9.47. The molecule has 0 saturated carbocycles. The lowest BCUT2D eigenvalue weighted by atomic mass is 10.1. The van der Waals surface area contributed by atoms with Gasteiger partial charge < -0.3 is 5.32 Å². The first kappa shape index (κ1) is 26.1. The number of aryl methyl sites for hydroxylation is 1. The molecule has 0 saturated heterocycles. The average molecular weight is 551 g/mol. The average Bonchev–Trinajstić information content (AvgIpc) is 3.23. The van der Waals surface area contributed by atoms with Gasteiger partial charge in [-0.3, -0.25) is 9.78 Å². The van der Waals surface area contributed by atoms with Crippen LogP contribution in [0.2, 0.25) is 10.0 Å². The molecule has 0 spiro atoms. The minimum Gasteiger partial charge on any atom is -0.346 e. The van der Waals surface area contributed by atoms with Gasteiger partial charge in [0, 0.05) is 27.4 Å². The number of thioether (sulfide) groups is 1. The molecule has 0 aliphatic heterocycles. The largest absolute Gasteiger partial charge is 0.435 e. The van der Waals surface area contributed by atoms with Crippen molar-refractivity contribution >= 4 is 40.9 Å². The van der Waals surface area contributed by atoms with Crippen LogP contribution >= 0.6 is 35.0 Å². The summed E-state index contributed by atoms with van der Waals surface area (Å²) in [5.74, 6) is -0.319. The van der Waals surface area contributed by atoms with Crippen molar-refractivity contribution in [3.63, 3.8) is 0 Å². The molecule has 11 heteroatoms. The van der Waals surface area contributed by atoms with E-state index in [2.05, 4.69) is 15.4 Å². The molecule has 1 amide bonds. The summed E-state index contributed by atoms with van der Waals surface area (Å²) in [5, 5.41) is 7.40. The number of aromatic nitrogens is 3. The van der Waals surface area contributed by atoms with Crippen molar-refractivity contribution in [3.05, 3.63) is 93.4 Å².